The largest absolute Gasteiger partial charge is 0.327 e. The molecule has 1 rings (SSSR count). The number of hydrogen-bond acceptors (Lipinski definition) is 3. The standard InChI is InChI=1S/C8H10N4/c9-3-1-2-5-12-6-4-11-8(12)7-10/h1-2,4,6H,3,5,9H2. The molecule has 1 aromatic heterocycles. The molecule has 1 aromatic rings. The minimum absolute atomic E-state index is 0.427. The molecule has 0 aliphatic carbocycles. The zero-order chi connectivity index (χ0) is 8.81. The van der Waals surface area contributed by atoms with Crippen LogP contribution >= 0.6 is 0 Å². The van der Waals surface area contributed by atoms with Gasteiger partial charge in [0.15, 0.2) is 0 Å². The highest BCUT2D eigenvalue weighted by atomic mass is 15.0. The van der Waals surface area contributed by atoms with Crippen molar-refractivity contribution in [3.8, 4) is 6.07 Å². The lowest BCUT2D eigenvalue weighted by Gasteiger charge is -1.95. The summed E-state index contributed by atoms with van der Waals surface area (Å²) in [6.45, 7) is 1.18. The van der Waals surface area contributed by atoms with Crippen molar-refractivity contribution in [1.29, 1.82) is 5.26 Å². The molecule has 0 bridgehead atoms. The van der Waals surface area contributed by atoms with Crippen LogP contribution in [-0.2, 0) is 6.54 Å². The van der Waals surface area contributed by atoms with Crippen LogP contribution < -0.4 is 5.73 Å². The van der Waals surface area contributed by atoms with Gasteiger partial charge in [-0.15, -0.1) is 0 Å². The molecule has 2 N–H and O–H groups in total. The van der Waals surface area contributed by atoms with E-state index in [4.69, 9.17) is 11.0 Å². The van der Waals surface area contributed by atoms with Crippen LogP contribution in [0.3, 0.4) is 0 Å². The first-order valence-electron chi connectivity index (χ1n) is 3.64. The van der Waals surface area contributed by atoms with Crippen LogP contribution in [0.4, 0.5) is 0 Å². The maximum Gasteiger partial charge on any atom is 0.212 e. The molecule has 12 heavy (non-hydrogen) atoms. The van der Waals surface area contributed by atoms with Crippen molar-refractivity contribution in [2.75, 3.05) is 6.54 Å². The maximum absolute atomic E-state index is 8.58. The summed E-state index contributed by atoms with van der Waals surface area (Å²) in [7, 11) is 0. The van der Waals surface area contributed by atoms with E-state index >= 15 is 0 Å². The Hall–Kier alpha value is -1.60. The second-order valence-electron chi connectivity index (χ2n) is 2.22. The van der Waals surface area contributed by atoms with Gasteiger partial charge >= 0.3 is 0 Å². The summed E-state index contributed by atoms with van der Waals surface area (Å²) in [6.07, 6.45) is 7.12. The molecule has 4 nitrogen and oxygen atoms in total. The molecule has 4 heteroatoms. The van der Waals surface area contributed by atoms with Crippen molar-refractivity contribution in [2.24, 2.45) is 5.73 Å². The summed E-state index contributed by atoms with van der Waals surface area (Å²) in [5.41, 5.74) is 5.26. The molecule has 0 aliphatic heterocycles. The second-order valence-corrected chi connectivity index (χ2v) is 2.22. The molecular weight excluding hydrogens is 152 g/mol. The van der Waals surface area contributed by atoms with Crippen LogP contribution in [0.15, 0.2) is 24.5 Å². The highest BCUT2D eigenvalue weighted by Crippen LogP contribution is 1.94. The third-order valence-corrected chi connectivity index (χ3v) is 1.42. The summed E-state index contributed by atoms with van der Waals surface area (Å²) in [5, 5.41) is 8.58. The summed E-state index contributed by atoms with van der Waals surface area (Å²) in [6, 6.07) is 1.99. The molecule has 0 saturated heterocycles. The number of hydrogen-bond donors (Lipinski definition) is 1. The van der Waals surface area contributed by atoms with Gasteiger partial charge < -0.3 is 10.3 Å². The van der Waals surface area contributed by atoms with E-state index in [0.717, 1.165) is 0 Å². The van der Waals surface area contributed by atoms with E-state index in [1.165, 1.54) is 0 Å². The average molecular weight is 162 g/mol. The molecule has 0 radical (unpaired) electrons. The quantitative estimate of drug-likeness (QED) is 0.648. The SMILES string of the molecule is N#Cc1nccn1CC=CCN. The maximum atomic E-state index is 8.58. The van der Waals surface area contributed by atoms with Gasteiger partial charge in [-0.25, -0.2) is 4.98 Å². The number of rotatable bonds is 3. The fraction of sp³-hybridized carbons (Fsp3) is 0.250. The average Bonchev–Trinajstić information content (AvgIpc) is 2.52. The van der Waals surface area contributed by atoms with E-state index in [1.54, 1.807) is 17.0 Å². The monoisotopic (exact) mass is 162 g/mol. The number of aromatic nitrogens is 2. The van der Waals surface area contributed by atoms with Gasteiger partial charge in [-0.3, -0.25) is 0 Å². The molecule has 0 atom stereocenters. The second kappa shape index (κ2) is 4.31. The molecular formula is C8H10N4. The molecule has 0 fully saturated rings. The highest BCUT2D eigenvalue weighted by Gasteiger charge is 1.96. The van der Waals surface area contributed by atoms with Crippen molar-refractivity contribution in [3.63, 3.8) is 0 Å². The van der Waals surface area contributed by atoms with Crippen LogP contribution in [0.1, 0.15) is 5.82 Å². The van der Waals surface area contributed by atoms with E-state index < -0.39 is 0 Å². The van der Waals surface area contributed by atoms with Crippen LogP contribution in [0.2, 0.25) is 0 Å². The molecule has 0 aromatic carbocycles. The fourth-order valence-corrected chi connectivity index (χ4v) is 0.854. The molecule has 62 valence electrons. The summed E-state index contributed by atoms with van der Waals surface area (Å²) < 4.78 is 1.76. The highest BCUT2D eigenvalue weighted by molar-refractivity contribution is 5.11. The van der Waals surface area contributed by atoms with Gasteiger partial charge in [0.1, 0.15) is 6.07 Å². The Kier molecular flexibility index (Phi) is 3.05. The number of nitrogens with two attached hydrogens (primary N) is 1. The minimum Gasteiger partial charge on any atom is -0.327 e. The summed E-state index contributed by atoms with van der Waals surface area (Å²) in [4.78, 5) is 3.85. The van der Waals surface area contributed by atoms with Crippen molar-refractivity contribution in [3.05, 3.63) is 30.4 Å². The van der Waals surface area contributed by atoms with Crippen molar-refractivity contribution in [1.82, 2.24) is 9.55 Å². The minimum atomic E-state index is 0.427. The Balaban J connectivity index is 2.64. The first-order valence-corrected chi connectivity index (χ1v) is 3.64. The molecule has 0 aliphatic rings. The molecule has 0 saturated carbocycles. The Morgan fingerprint density at radius 3 is 3.17 bits per heavy atom. The first-order chi connectivity index (χ1) is 5.88. The topological polar surface area (TPSA) is 67.6 Å². The van der Waals surface area contributed by atoms with Crippen molar-refractivity contribution in [2.45, 2.75) is 6.54 Å². The van der Waals surface area contributed by atoms with E-state index in [0.29, 0.717) is 18.9 Å². The zero-order valence-electron chi connectivity index (χ0n) is 6.64. The molecule has 1 heterocycles. The smallest absolute Gasteiger partial charge is 0.212 e. The lowest BCUT2D eigenvalue weighted by Crippen LogP contribution is -1.99. The van der Waals surface area contributed by atoms with E-state index in [2.05, 4.69) is 4.98 Å². The Morgan fingerprint density at radius 1 is 1.67 bits per heavy atom. The molecule has 0 spiro atoms. The normalized spacial score (nSPS) is 10.3. The Morgan fingerprint density at radius 2 is 2.50 bits per heavy atom. The zero-order valence-corrected chi connectivity index (χ0v) is 6.64. The van der Waals surface area contributed by atoms with Crippen LogP contribution in [0, 0.1) is 11.3 Å². The lowest BCUT2D eigenvalue weighted by atomic mass is 10.5. The van der Waals surface area contributed by atoms with E-state index in [-0.39, 0.29) is 0 Å². The lowest BCUT2D eigenvalue weighted by molar-refractivity contribution is 0.801. The van der Waals surface area contributed by atoms with Gasteiger partial charge in [0.2, 0.25) is 5.82 Å². The van der Waals surface area contributed by atoms with Gasteiger partial charge in [0, 0.05) is 25.5 Å². The fourth-order valence-electron chi connectivity index (χ4n) is 0.854. The predicted octanol–water partition coefficient (Wildman–Crippen LogP) is 0.270. The third kappa shape index (κ3) is 1.94. The van der Waals surface area contributed by atoms with Gasteiger partial charge in [-0.1, -0.05) is 12.2 Å². The number of nitriles is 1. The Bertz CT molecular complexity index is 305. The first kappa shape index (κ1) is 8.50. The number of nitrogens with zero attached hydrogens (tertiary/aromatic N) is 3. The van der Waals surface area contributed by atoms with Crippen LogP contribution in [-0.4, -0.2) is 16.1 Å². The Labute approximate surface area is 70.9 Å². The van der Waals surface area contributed by atoms with Crippen LogP contribution in [0.5, 0.6) is 0 Å². The molecule has 0 amide bonds. The predicted molar refractivity (Wildman–Crippen MR) is 45.1 cm³/mol. The van der Waals surface area contributed by atoms with Gasteiger partial charge in [0.05, 0.1) is 0 Å². The van der Waals surface area contributed by atoms with Crippen molar-refractivity contribution >= 4 is 0 Å². The van der Waals surface area contributed by atoms with E-state index in [9.17, 15) is 0 Å². The van der Waals surface area contributed by atoms with Crippen LogP contribution in [0.25, 0.3) is 0 Å². The summed E-state index contributed by atoms with van der Waals surface area (Å²) >= 11 is 0. The van der Waals surface area contributed by atoms with E-state index in [1.807, 2.05) is 18.2 Å². The molecule has 0 unspecified atom stereocenters. The summed E-state index contributed by atoms with van der Waals surface area (Å²) in [5.74, 6) is 0.427. The van der Waals surface area contributed by atoms with Gasteiger partial charge in [-0.2, -0.15) is 5.26 Å². The van der Waals surface area contributed by atoms with Crippen molar-refractivity contribution < 1.29 is 0 Å². The third-order valence-electron chi connectivity index (χ3n) is 1.42. The number of allylic oxidation sites excluding steroid dienone is 1. The van der Waals surface area contributed by atoms with Gasteiger partial charge in [-0.05, 0) is 0 Å². The number of imidazole rings is 1. The van der Waals surface area contributed by atoms with Gasteiger partial charge in [0.25, 0.3) is 0 Å².